The van der Waals surface area contributed by atoms with Gasteiger partial charge in [0.15, 0.2) is 0 Å². The second-order valence-electron chi connectivity index (χ2n) is 4.81. The molecule has 2 amide bonds. The van der Waals surface area contributed by atoms with Crippen LogP contribution in [-0.2, 0) is 14.3 Å². The van der Waals surface area contributed by atoms with E-state index >= 15 is 0 Å². The molecule has 0 unspecified atom stereocenters. The quantitative estimate of drug-likeness (QED) is 0.667. The lowest BCUT2D eigenvalue weighted by Crippen LogP contribution is -2.40. The zero-order valence-corrected chi connectivity index (χ0v) is 11.1. The number of amides is 2. The Bertz CT molecular complexity index is 322. The van der Waals surface area contributed by atoms with E-state index in [4.69, 9.17) is 9.84 Å². The molecule has 18 heavy (non-hydrogen) atoms. The minimum Gasteiger partial charge on any atom is -0.480 e. The van der Waals surface area contributed by atoms with Gasteiger partial charge in [0, 0.05) is 13.0 Å². The Kier molecular flexibility index (Phi) is 6.15. The molecule has 1 atom stereocenters. The molecule has 0 saturated heterocycles. The Morgan fingerprint density at radius 1 is 1.28 bits per heavy atom. The first kappa shape index (κ1) is 16.2. The van der Waals surface area contributed by atoms with Crippen molar-refractivity contribution in [3.63, 3.8) is 0 Å². The molecule has 0 aromatic heterocycles. The van der Waals surface area contributed by atoms with Crippen LogP contribution >= 0.6 is 0 Å². The van der Waals surface area contributed by atoms with E-state index in [-0.39, 0.29) is 13.0 Å². The highest BCUT2D eigenvalue weighted by molar-refractivity contribution is 5.83. The number of carbonyl (C=O) groups excluding carboxylic acids is 2. The van der Waals surface area contributed by atoms with Gasteiger partial charge < -0.3 is 20.5 Å². The van der Waals surface area contributed by atoms with Crippen LogP contribution in [0.4, 0.5) is 4.79 Å². The third kappa shape index (κ3) is 8.37. The molecule has 0 bridgehead atoms. The van der Waals surface area contributed by atoms with Crippen LogP contribution in [0.15, 0.2) is 0 Å². The Morgan fingerprint density at radius 2 is 1.83 bits per heavy atom. The lowest BCUT2D eigenvalue weighted by atomic mass is 10.2. The maximum atomic E-state index is 11.3. The fraction of sp³-hybridized carbons (Fsp3) is 0.727. The summed E-state index contributed by atoms with van der Waals surface area (Å²) in [5.41, 5.74) is -0.593. The average molecular weight is 260 g/mol. The Labute approximate surface area is 106 Å². The second kappa shape index (κ2) is 6.83. The largest absolute Gasteiger partial charge is 0.480 e. The Hall–Kier alpha value is -1.79. The van der Waals surface area contributed by atoms with Crippen LogP contribution in [0.2, 0.25) is 0 Å². The van der Waals surface area contributed by atoms with Crippen LogP contribution < -0.4 is 10.6 Å². The van der Waals surface area contributed by atoms with Crippen molar-refractivity contribution in [3.05, 3.63) is 0 Å². The van der Waals surface area contributed by atoms with Crippen molar-refractivity contribution in [3.8, 4) is 0 Å². The van der Waals surface area contributed by atoms with Crippen LogP contribution in [0.1, 0.15) is 34.1 Å². The average Bonchev–Trinajstić information content (AvgIpc) is 2.14. The first-order valence-corrected chi connectivity index (χ1v) is 5.61. The number of hydrogen-bond acceptors (Lipinski definition) is 4. The van der Waals surface area contributed by atoms with E-state index < -0.39 is 29.6 Å². The van der Waals surface area contributed by atoms with Crippen LogP contribution in [0.5, 0.6) is 0 Å². The molecular weight excluding hydrogens is 240 g/mol. The number of ether oxygens (including phenoxy) is 1. The maximum absolute atomic E-state index is 11.3. The molecule has 7 nitrogen and oxygen atoms in total. The summed E-state index contributed by atoms with van der Waals surface area (Å²) < 4.78 is 4.96. The first-order valence-electron chi connectivity index (χ1n) is 5.61. The number of rotatable bonds is 5. The predicted octanol–water partition coefficient (Wildman–Crippen LogP) is 0.491. The van der Waals surface area contributed by atoms with Gasteiger partial charge in [0.05, 0.1) is 0 Å². The van der Waals surface area contributed by atoms with E-state index in [1.807, 2.05) is 0 Å². The summed E-state index contributed by atoms with van der Waals surface area (Å²) >= 11 is 0. The third-order valence-electron chi connectivity index (χ3n) is 1.77. The van der Waals surface area contributed by atoms with Gasteiger partial charge >= 0.3 is 12.1 Å². The van der Waals surface area contributed by atoms with Gasteiger partial charge in [0.1, 0.15) is 11.6 Å². The normalized spacial score (nSPS) is 12.4. The number of carbonyl (C=O) groups is 3. The number of carboxylic acids is 1. The second-order valence-corrected chi connectivity index (χ2v) is 4.81. The van der Waals surface area contributed by atoms with E-state index in [1.165, 1.54) is 6.92 Å². The highest BCUT2D eigenvalue weighted by Crippen LogP contribution is 2.06. The van der Waals surface area contributed by atoms with Gasteiger partial charge in [-0.05, 0) is 27.7 Å². The fourth-order valence-electron chi connectivity index (χ4n) is 0.968. The summed E-state index contributed by atoms with van der Waals surface area (Å²) in [5.74, 6) is -1.55. The molecule has 3 N–H and O–H groups in total. The van der Waals surface area contributed by atoms with Gasteiger partial charge in [-0.15, -0.1) is 0 Å². The lowest BCUT2D eigenvalue weighted by molar-refractivity contribution is -0.141. The molecule has 0 aliphatic carbocycles. The molecule has 0 fully saturated rings. The predicted molar refractivity (Wildman–Crippen MR) is 64.1 cm³/mol. The molecule has 0 aliphatic rings. The third-order valence-corrected chi connectivity index (χ3v) is 1.77. The van der Waals surface area contributed by atoms with E-state index in [2.05, 4.69) is 10.6 Å². The van der Waals surface area contributed by atoms with E-state index in [0.717, 1.165) is 0 Å². The number of hydrogen-bond donors (Lipinski definition) is 3. The zero-order chi connectivity index (χ0) is 14.3. The number of carboxylic acid groups (broad SMARTS) is 1. The summed E-state index contributed by atoms with van der Waals surface area (Å²) in [4.78, 5) is 32.9. The molecule has 7 heteroatoms. The van der Waals surface area contributed by atoms with Gasteiger partial charge in [-0.1, -0.05) is 0 Å². The maximum Gasteiger partial charge on any atom is 0.407 e. The molecule has 0 heterocycles. The summed E-state index contributed by atoms with van der Waals surface area (Å²) in [6.07, 6.45) is -0.613. The molecule has 0 aromatic rings. The van der Waals surface area contributed by atoms with Gasteiger partial charge in [0.25, 0.3) is 0 Å². The summed E-state index contributed by atoms with van der Waals surface area (Å²) in [6, 6.07) is -0.945. The molecule has 0 aromatic carbocycles. The Morgan fingerprint density at radius 3 is 2.28 bits per heavy atom. The van der Waals surface area contributed by atoms with E-state index in [0.29, 0.717) is 0 Å². The highest BCUT2D eigenvalue weighted by atomic mass is 16.6. The molecule has 104 valence electrons. The van der Waals surface area contributed by atoms with Crippen molar-refractivity contribution in [1.29, 1.82) is 0 Å². The first-order chi connectivity index (χ1) is 8.11. The van der Waals surface area contributed by atoms with Gasteiger partial charge in [-0.2, -0.15) is 0 Å². The topological polar surface area (TPSA) is 105 Å². The number of alkyl carbamates (subject to hydrolysis) is 1. The summed E-state index contributed by atoms with van der Waals surface area (Å²) in [6.45, 7) is 6.64. The minimum absolute atomic E-state index is 0.00311. The van der Waals surface area contributed by atoms with Crippen molar-refractivity contribution in [1.82, 2.24) is 10.6 Å². The standard InChI is InChI=1S/C11H20N2O5/c1-7(9(15)16)13-8(14)5-6-12-10(17)18-11(2,3)4/h7H,5-6H2,1-4H3,(H,12,17)(H,13,14)(H,15,16)/t7-/m1/s1. The fourth-order valence-corrected chi connectivity index (χ4v) is 0.968. The van der Waals surface area contributed by atoms with Crippen molar-refractivity contribution in [2.75, 3.05) is 6.54 Å². The molecule has 0 spiro atoms. The van der Waals surface area contributed by atoms with Crippen LogP contribution in [0, 0.1) is 0 Å². The Balaban J connectivity index is 3.82. The highest BCUT2D eigenvalue weighted by Gasteiger charge is 2.17. The van der Waals surface area contributed by atoms with Crippen molar-refractivity contribution >= 4 is 18.0 Å². The van der Waals surface area contributed by atoms with Gasteiger partial charge in [-0.25, -0.2) is 4.79 Å². The zero-order valence-electron chi connectivity index (χ0n) is 11.1. The minimum atomic E-state index is -1.11. The number of aliphatic carboxylic acids is 1. The SMILES string of the molecule is C[C@@H](NC(=O)CCNC(=O)OC(C)(C)C)C(=O)O. The van der Waals surface area contributed by atoms with Crippen molar-refractivity contribution < 1.29 is 24.2 Å². The summed E-state index contributed by atoms with van der Waals surface area (Å²) in [7, 11) is 0. The van der Waals surface area contributed by atoms with Crippen molar-refractivity contribution in [2.24, 2.45) is 0 Å². The van der Waals surface area contributed by atoms with Gasteiger partial charge in [0.2, 0.25) is 5.91 Å². The molecule has 0 radical (unpaired) electrons. The van der Waals surface area contributed by atoms with Gasteiger partial charge in [-0.3, -0.25) is 9.59 Å². The monoisotopic (exact) mass is 260 g/mol. The van der Waals surface area contributed by atoms with Crippen LogP contribution in [-0.4, -0.2) is 41.3 Å². The summed E-state index contributed by atoms with van der Waals surface area (Å²) in [5, 5.41) is 13.2. The smallest absolute Gasteiger partial charge is 0.407 e. The molecule has 0 aliphatic heterocycles. The lowest BCUT2D eigenvalue weighted by Gasteiger charge is -2.19. The van der Waals surface area contributed by atoms with E-state index in [9.17, 15) is 14.4 Å². The van der Waals surface area contributed by atoms with Crippen molar-refractivity contribution in [2.45, 2.75) is 45.8 Å². The number of nitrogens with one attached hydrogen (secondary N) is 2. The molecular formula is C11H20N2O5. The van der Waals surface area contributed by atoms with Crippen LogP contribution in [0.3, 0.4) is 0 Å². The molecule has 0 rings (SSSR count). The van der Waals surface area contributed by atoms with Crippen LogP contribution in [0.25, 0.3) is 0 Å². The molecule has 0 saturated carbocycles. The van der Waals surface area contributed by atoms with E-state index in [1.54, 1.807) is 20.8 Å².